The van der Waals surface area contributed by atoms with Crippen LogP contribution in [0.15, 0.2) is 30.3 Å². The van der Waals surface area contributed by atoms with Crippen LogP contribution in [0.4, 0.5) is 5.69 Å². The summed E-state index contributed by atoms with van der Waals surface area (Å²) in [5.41, 5.74) is 2.30. The van der Waals surface area contributed by atoms with Crippen molar-refractivity contribution < 1.29 is 14.4 Å². The topological polar surface area (TPSA) is 69.7 Å². The minimum absolute atomic E-state index is 0.0421. The van der Waals surface area contributed by atoms with Gasteiger partial charge in [0.25, 0.3) is 11.8 Å². The zero-order valence-electron chi connectivity index (χ0n) is 17.9. The first-order chi connectivity index (χ1) is 14.8. The number of hydrogen-bond donors (Lipinski definition) is 1. The summed E-state index contributed by atoms with van der Waals surface area (Å²) >= 11 is 1.23. The van der Waals surface area contributed by atoms with Gasteiger partial charge in [-0.25, -0.2) is 0 Å². The van der Waals surface area contributed by atoms with E-state index in [9.17, 15) is 14.4 Å². The summed E-state index contributed by atoms with van der Waals surface area (Å²) in [6, 6.07) is 8.66. The number of carbonyl (C=O) groups is 3. The predicted molar refractivity (Wildman–Crippen MR) is 123 cm³/mol. The average Bonchev–Trinajstić information content (AvgIpc) is 3.33. The average molecular weight is 435 g/mol. The summed E-state index contributed by atoms with van der Waals surface area (Å²) in [5, 5.41) is 2.92. The van der Waals surface area contributed by atoms with E-state index in [1.165, 1.54) is 11.3 Å². The minimum atomic E-state index is -0.264. The first-order valence-electron chi connectivity index (χ1n) is 10.7. The lowest BCUT2D eigenvalue weighted by molar-refractivity contribution is -0.117. The van der Waals surface area contributed by atoms with Gasteiger partial charge < -0.3 is 15.1 Å². The summed E-state index contributed by atoms with van der Waals surface area (Å²) in [6.45, 7) is 6.12. The number of benzene rings is 1. The number of anilines is 1. The van der Waals surface area contributed by atoms with Gasteiger partial charge in [-0.1, -0.05) is 13.0 Å². The molecule has 1 N–H and O–H groups in total. The molecular formula is C23H26BN3O3S. The van der Waals surface area contributed by atoms with Crippen LogP contribution in [-0.4, -0.2) is 56.1 Å². The van der Waals surface area contributed by atoms with Crippen LogP contribution < -0.4 is 15.0 Å². The number of nitrogens with one attached hydrogen (secondary N) is 1. The fraction of sp³-hybridized carbons (Fsp3) is 0.435. The number of rotatable bonds is 4. The lowest BCUT2D eigenvalue weighted by Gasteiger charge is -2.31. The molecule has 1 aromatic heterocycles. The number of nitrogens with zero attached hydrogens (tertiary/aromatic N) is 2. The zero-order chi connectivity index (χ0) is 22.1. The third-order valence-corrected chi connectivity index (χ3v) is 7.05. The lowest BCUT2D eigenvalue weighted by atomic mass is 9.98. The number of amides is 3. The molecule has 0 bridgehead atoms. The molecule has 6 nitrogen and oxygen atoms in total. The van der Waals surface area contributed by atoms with Crippen LogP contribution in [0.25, 0.3) is 0 Å². The van der Waals surface area contributed by atoms with Crippen LogP contribution in [0.5, 0.6) is 0 Å². The summed E-state index contributed by atoms with van der Waals surface area (Å²) in [7, 11) is 5.70. The Morgan fingerprint density at radius 2 is 1.90 bits per heavy atom. The quantitative estimate of drug-likeness (QED) is 0.750. The molecular weight excluding hydrogens is 409 g/mol. The smallest absolute Gasteiger partial charge is 0.261 e. The summed E-state index contributed by atoms with van der Waals surface area (Å²) in [5.74, 6) is 0.470. The molecule has 3 heterocycles. The lowest BCUT2D eigenvalue weighted by Crippen LogP contribution is -2.38. The van der Waals surface area contributed by atoms with E-state index in [0.29, 0.717) is 27.7 Å². The molecule has 3 amide bonds. The molecule has 2 aromatic rings. The van der Waals surface area contributed by atoms with Crippen LogP contribution in [0, 0.1) is 12.8 Å². The minimum Gasteiger partial charge on any atom is -0.346 e. The number of likely N-dealkylation sites (tertiary alicyclic amines) is 1. The highest BCUT2D eigenvalue weighted by Crippen LogP contribution is 2.26. The van der Waals surface area contributed by atoms with E-state index in [4.69, 9.17) is 7.85 Å². The predicted octanol–water partition coefficient (Wildman–Crippen LogP) is 2.26. The van der Waals surface area contributed by atoms with E-state index in [1.807, 2.05) is 30.0 Å². The highest BCUT2D eigenvalue weighted by Gasteiger charge is 2.32. The van der Waals surface area contributed by atoms with Crippen LogP contribution in [-0.2, 0) is 4.79 Å². The van der Waals surface area contributed by atoms with Crippen molar-refractivity contribution in [1.29, 1.82) is 0 Å². The molecule has 4 rings (SSSR count). The number of piperidine rings is 1. The Kier molecular flexibility index (Phi) is 6.18. The fourth-order valence-electron chi connectivity index (χ4n) is 4.22. The Labute approximate surface area is 188 Å². The standard InChI is InChI=1S/C23H26BN3O3S/c1-14-7-9-26(10-8-14)23(30)18-4-3-17(11-15(18)2)27-13-16(12-21(27)28)25-22(29)19-5-6-20(24)31-19/h3-6,11,14,16H,7-10,12-13H2,1-2H3,(H,25,29). The van der Waals surface area contributed by atoms with Crippen LogP contribution in [0.3, 0.4) is 0 Å². The van der Waals surface area contributed by atoms with Crippen molar-refractivity contribution in [1.82, 2.24) is 10.2 Å². The normalized spacial score (nSPS) is 19.7. The highest BCUT2D eigenvalue weighted by atomic mass is 32.1. The first-order valence-corrected chi connectivity index (χ1v) is 11.5. The van der Waals surface area contributed by atoms with E-state index < -0.39 is 0 Å². The molecule has 160 valence electrons. The summed E-state index contributed by atoms with van der Waals surface area (Å²) < 4.78 is 0.582. The van der Waals surface area contributed by atoms with Crippen molar-refractivity contribution in [3.63, 3.8) is 0 Å². The maximum atomic E-state index is 12.9. The van der Waals surface area contributed by atoms with E-state index in [-0.39, 0.29) is 30.2 Å². The molecule has 1 aromatic carbocycles. The Hall–Kier alpha value is -2.61. The van der Waals surface area contributed by atoms with Gasteiger partial charge in [-0.3, -0.25) is 14.4 Å². The summed E-state index contributed by atoms with van der Waals surface area (Å²) in [6.07, 6.45) is 2.32. The number of hydrogen-bond acceptors (Lipinski definition) is 4. The molecule has 2 saturated heterocycles. The van der Waals surface area contributed by atoms with Gasteiger partial charge >= 0.3 is 0 Å². The second-order valence-electron chi connectivity index (χ2n) is 8.55. The van der Waals surface area contributed by atoms with Gasteiger partial charge in [-0.05, 0) is 60.3 Å². The third-order valence-electron chi connectivity index (χ3n) is 6.13. The van der Waals surface area contributed by atoms with Crippen molar-refractivity contribution in [2.45, 2.75) is 39.2 Å². The van der Waals surface area contributed by atoms with Gasteiger partial charge in [0.15, 0.2) is 0 Å². The Morgan fingerprint density at radius 1 is 1.16 bits per heavy atom. The fourth-order valence-corrected chi connectivity index (χ4v) is 4.90. The SMILES string of the molecule is [B]c1ccc(C(=O)NC2CC(=O)N(c3ccc(C(=O)N4CCC(C)CC4)c(C)c3)C2)s1. The van der Waals surface area contributed by atoms with Crippen LogP contribution in [0.1, 0.15) is 51.8 Å². The van der Waals surface area contributed by atoms with Crippen LogP contribution in [0.2, 0.25) is 0 Å². The number of carbonyl (C=O) groups excluding carboxylic acids is 3. The highest BCUT2D eigenvalue weighted by molar-refractivity contribution is 7.21. The number of thiophene rings is 1. The molecule has 0 saturated carbocycles. The van der Waals surface area contributed by atoms with E-state index in [1.54, 1.807) is 17.0 Å². The largest absolute Gasteiger partial charge is 0.346 e. The Morgan fingerprint density at radius 3 is 2.55 bits per heavy atom. The molecule has 2 aliphatic rings. The third kappa shape index (κ3) is 4.69. The molecule has 1 unspecified atom stereocenters. The summed E-state index contributed by atoms with van der Waals surface area (Å²) in [4.78, 5) is 42.0. The molecule has 0 spiro atoms. The second kappa shape index (κ2) is 8.87. The van der Waals surface area contributed by atoms with Gasteiger partial charge in [-0.2, -0.15) is 0 Å². The van der Waals surface area contributed by atoms with E-state index in [2.05, 4.69) is 12.2 Å². The monoisotopic (exact) mass is 435 g/mol. The molecule has 1 atom stereocenters. The van der Waals surface area contributed by atoms with Crippen molar-refractivity contribution in [2.75, 3.05) is 24.5 Å². The Bertz CT molecular complexity index is 1010. The molecule has 31 heavy (non-hydrogen) atoms. The van der Waals surface area contributed by atoms with E-state index >= 15 is 0 Å². The van der Waals surface area contributed by atoms with E-state index in [0.717, 1.165) is 37.2 Å². The Balaban J connectivity index is 1.42. The number of aryl methyl sites for hydroxylation is 1. The van der Waals surface area contributed by atoms with Gasteiger partial charge in [0.05, 0.1) is 10.9 Å². The molecule has 2 aliphatic heterocycles. The maximum absolute atomic E-state index is 12.9. The zero-order valence-corrected chi connectivity index (χ0v) is 18.7. The van der Waals surface area contributed by atoms with Gasteiger partial charge in [0.2, 0.25) is 5.91 Å². The van der Waals surface area contributed by atoms with Crippen molar-refractivity contribution >= 4 is 47.4 Å². The van der Waals surface area contributed by atoms with Crippen LogP contribution >= 0.6 is 11.3 Å². The van der Waals surface area contributed by atoms with Crippen molar-refractivity contribution in [2.24, 2.45) is 5.92 Å². The van der Waals surface area contributed by atoms with Gasteiger partial charge in [0, 0.05) is 37.3 Å². The molecule has 2 radical (unpaired) electrons. The first kappa shape index (κ1) is 21.6. The van der Waals surface area contributed by atoms with Crippen molar-refractivity contribution in [3.05, 3.63) is 46.3 Å². The van der Waals surface area contributed by atoms with Gasteiger partial charge in [0.1, 0.15) is 7.85 Å². The molecule has 0 aliphatic carbocycles. The second-order valence-corrected chi connectivity index (χ2v) is 9.67. The maximum Gasteiger partial charge on any atom is 0.261 e. The molecule has 2 fully saturated rings. The molecule has 8 heteroatoms. The van der Waals surface area contributed by atoms with Crippen molar-refractivity contribution in [3.8, 4) is 0 Å². The van der Waals surface area contributed by atoms with Gasteiger partial charge in [-0.15, -0.1) is 11.3 Å².